The summed E-state index contributed by atoms with van der Waals surface area (Å²) in [5.41, 5.74) is 1.35. The van der Waals surface area contributed by atoms with Crippen molar-refractivity contribution in [3.63, 3.8) is 0 Å². The van der Waals surface area contributed by atoms with E-state index < -0.39 is 6.09 Å². The highest BCUT2D eigenvalue weighted by Crippen LogP contribution is 2.14. The molecule has 22 heavy (non-hydrogen) atoms. The average Bonchev–Trinajstić information content (AvgIpc) is 2.54. The second kappa shape index (κ2) is 7.37. The monoisotopic (exact) mass is 304 g/mol. The number of nitrogens with one attached hydrogen (secondary N) is 1. The van der Waals surface area contributed by atoms with E-state index in [1.807, 2.05) is 0 Å². The van der Waals surface area contributed by atoms with Gasteiger partial charge >= 0.3 is 6.09 Å². The maximum atomic E-state index is 12.8. The van der Waals surface area contributed by atoms with Crippen LogP contribution in [-0.4, -0.2) is 17.7 Å². The zero-order valence-corrected chi connectivity index (χ0v) is 12.1. The second-order valence-corrected chi connectivity index (χ2v) is 4.45. The van der Waals surface area contributed by atoms with Crippen LogP contribution >= 0.6 is 0 Å². The molecule has 0 saturated carbocycles. The van der Waals surface area contributed by atoms with Crippen molar-refractivity contribution in [2.45, 2.75) is 13.5 Å². The molecule has 1 aromatic heterocycles. The average molecular weight is 304 g/mol. The molecule has 0 aliphatic carbocycles. The summed E-state index contributed by atoms with van der Waals surface area (Å²) in [4.78, 5) is 15.6. The zero-order chi connectivity index (χ0) is 15.9. The number of amides is 1. The van der Waals surface area contributed by atoms with Gasteiger partial charge in [0, 0.05) is 6.54 Å². The molecular weight excluding hydrogens is 287 g/mol. The first-order valence-electron chi connectivity index (χ1n) is 6.76. The third-order valence-electron chi connectivity index (χ3n) is 2.88. The number of nitrogens with two attached hydrogens (primary N) is 1. The van der Waals surface area contributed by atoms with Crippen molar-refractivity contribution >= 4 is 17.6 Å². The van der Waals surface area contributed by atoms with E-state index in [2.05, 4.69) is 10.3 Å². The molecule has 0 unspecified atom stereocenters. The number of aromatic nitrogens is 1. The summed E-state index contributed by atoms with van der Waals surface area (Å²) in [6, 6.07) is 9.53. The van der Waals surface area contributed by atoms with E-state index in [-0.39, 0.29) is 12.4 Å². The van der Waals surface area contributed by atoms with Crippen molar-refractivity contribution in [1.29, 1.82) is 0 Å². The molecule has 116 valence electrons. The summed E-state index contributed by atoms with van der Waals surface area (Å²) in [5.74, 6) is 5.96. The van der Waals surface area contributed by atoms with Gasteiger partial charge in [-0.15, -0.1) is 0 Å². The number of nitrogens with zero attached hydrogens (tertiary/aromatic N) is 2. The van der Waals surface area contributed by atoms with Gasteiger partial charge in [0.2, 0.25) is 0 Å². The Bertz CT molecular complexity index is 616. The van der Waals surface area contributed by atoms with Crippen LogP contribution < -0.4 is 16.2 Å². The van der Waals surface area contributed by atoms with E-state index in [1.165, 1.54) is 18.3 Å². The predicted molar refractivity (Wildman–Crippen MR) is 81.7 cm³/mol. The van der Waals surface area contributed by atoms with Gasteiger partial charge in [0.05, 0.1) is 18.5 Å². The van der Waals surface area contributed by atoms with Crippen LogP contribution in [0, 0.1) is 5.82 Å². The lowest BCUT2D eigenvalue weighted by molar-refractivity contribution is 0.160. The molecule has 6 nitrogen and oxygen atoms in total. The molecule has 0 saturated heterocycles. The normalized spacial score (nSPS) is 10.1. The fourth-order valence-electron chi connectivity index (χ4n) is 1.73. The van der Waals surface area contributed by atoms with Gasteiger partial charge in [-0.3, -0.25) is 0 Å². The molecular formula is C15H17FN4O2. The smallest absolute Gasteiger partial charge is 0.428 e. The summed E-state index contributed by atoms with van der Waals surface area (Å²) in [6.07, 6.45) is 0.820. The van der Waals surface area contributed by atoms with Gasteiger partial charge in [0.25, 0.3) is 0 Å². The summed E-state index contributed by atoms with van der Waals surface area (Å²) < 4.78 is 17.6. The molecule has 0 bridgehead atoms. The topological polar surface area (TPSA) is 80.5 Å². The predicted octanol–water partition coefficient (Wildman–Crippen LogP) is 2.67. The number of benzene rings is 1. The molecule has 0 radical (unpaired) electrons. The van der Waals surface area contributed by atoms with Crippen molar-refractivity contribution in [3.8, 4) is 0 Å². The first-order valence-corrected chi connectivity index (χ1v) is 6.76. The standard InChI is InChI=1S/C15H17FN4O2/c1-2-22-15(21)20(17)13-7-8-14(19-10-13)18-9-11-3-5-12(16)6-4-11/h3-8,10H,2,9,17H2,1H3,(H,18,19). The van der Waals surface area contributed by atoms with Crippen LogP contribution in [0.15, 0.2) is 42.6 Å². The molecule has 2 rings (SSSR count). The molecule has 1 amide bonds. The van der Waals surface area contributed by atoms with Crippen LogP contribution in [0.2, 0.25) is 0 Å². The summed E-state index contributed by atoms with van der Waals surface area (Å²) in [5, 5.41) is 3.98. The Morgan fingerprint density at radius 3 is 2.64 bits per heavy atom. The van der Waals surface area contributed by atoms with Crippen molar-refractivity contribution in [3.05, 3.63) is 54.0 Å². The zero-order valence-electron chi connectivity index (χ0n) is 12.1. The first-order chi connectivity index (χ1) is 10.6. The Morgan fingerprint density at radius 1 is 1.32 bits per heavy atom. The number of pyridine rings is 1. The van der Waals surface area contributed by atoms with Gasteiger partial charge in [-0.05, 0) is 36.8 Å². The Hall–Kier alpha value is -2.67. The van der Waals surface area contributed by atoms with Crippen molar-refractivity contribution in [2.75, 3.05) is 16.9 Å². The largest absolute Gasteiger partial charge is 0.449 e. The number of hydrazine groups is 1. The van der Waals surface area contributed by atoms with E-state index in [0.29, 0.717) is 18.1 Å². The number of rotatable bonds is 5. The molecule has 3 N–H and O–H groups in total. The van der Waals surface area contributed by atoms with E-state index in [0.717, 1.165) is 10.6 Å². The van der Waals surface area contributed by atoms with Crippen LogP contribution in [0.4, 0.5) is 20.7 Å². The van der Waals surface area contributed by atoms with Crippen LogP contribution in [-0.2, 0) is 11.3 Å². The number of anilines is 2. The van der Waals surface area contributed by atoms with Gasteiger partial charge in [-0.1, -0.05) is 12.1 Å². The second-order valence-electron chi connectivity index (χ2n) is 4.45. The molecule has 1 aromatic carbocycles. The van der Waals surface area contributed by atoms with Crippen LogP contribution in [0.5, 0.6) is 0 Å². The van der Waals surface area contributed by atoms with E-state index in [1.54, 1.807) is 31.2 Å². The molecule has 7 heteroatoms. The molecule has 0 aliphatic rings. The van der Waals surface area contributed by atoms with Gasteiger partial charge in [0.1, 0.15) is 11.6 Å². The van der Waals surface area contributed by atoms with Gasteiger partial charge in [-0.25, -0.2) is 25.0 Å². The minimum absolute atomic E-state index is 0.247. The molecule has 0 spiro atoms. The quantitative estimate of drug-likeness (QED) is 0.504. The van der Waals surface area contributed by atoms with E-state index in [4.69, 9.17) is 10.6 Å². The third kappa shape index (κ3) is 4.16. The minimum Gasteiger partial charge on any atom is -0.449 e. The number of halogens is 1. The highest BCUT2D eigenvalue weighted by Gasteiger charge is 2.12. The molecule has 0 atom stereocenters. The summed E-state index contributed by atoms with van der Waals surface area (Å²) in [7, 11) is 0. The summed E-state index contributed by atoms with van der Waals surface area (Å²) in [6.45, 7) is 2.46. The number of carbonyl (C=O) groups excluding carboxylic acids is 1. The Balaban J connectivity index is 1.94. The SMILES string of the molecule is CCOC(=O)N(N)c1ccc(NCc2ccc(F)cc2)nc1. The highest BCUT2D eigenvalue weighted by molar-refractivity contribution is 5.86. The van der Waals surface area contributed by atoms with Crippen molar-refractivity contribution in [1.82, 2.24) is 4.98 Å². The van der Waals surface area contributed by atoms with Gasteiger partial charge in [-0.2, -0.15) is 0 Å². The van der Waals surface area contributed by atoms with Crippen LogP contribution in [0.3, 0.4) is 0 Å². The van der Waals surface area contributed by atoms with Gasteiger partial charge in [0.15, 0.2) is 0 Å². The fourth-order valence-corrected chi connectivity index (χ4v) is 1.73. The summed E-state index contributed by atoms with van der Waals surface area (Å²) >= 11 is 0. The molecule has 2 aromatic rings. The van der Waals surface area contributed by atoms with Crippen LogP contribution in [0.1, 0.15) is 12.5 Å². The van der Waals surface area contributed by atoms with E-state index >= 15 is 0 Å². The Morgan fingerprint density at radius 2 is 2.05 bits per heavy atom. The fraction of sp³-hybridized carbons (Fsp3) is 0.200. The lowest BCUT2D eigenvalue weighted by atomic mass is 10.2. The number of ether oxygens (including phenoxy) is 1. The number of hydrogen-bond acceptors (Lipinski definition) is 5. The molecule has 0 aliphatic heterocycles. The number of hydrogen-bond donors (Lipinski definition) is 2. The maximum Gasteiger partial charge on any atom is 0.428 e. The van der Waals surface area contributed by atoms with Crippen molar-refractivity contribution in [2.24, 2.45) is 5.84 Å². The van der Waals surface area contributed by atoms with E-state index in [9.17, 15) is 9.18 Å². The van der Waals surface area contributed by atoms with Crippen molar-refractivity contribution < 1.29 is 13.9 Å². The van der Waals surface area contributed by atoms with Gasteiger partial charge < -0.3 is 10.1 Å². The Labute approximate surface area is 127 Å². The molecule has 0 fully saturated rings. The maximum absolute atomic E-state index is 12.8. The molecule has 1 heterocycles. The lowest BCUT2D eigenvalue weighted by Crippen LogP contribution is -2.38. The highest BCUT2D eigenvalue weighted by atomic mass is 19.1. The number of carbonyl (C=O) groups is 1. The minimum atomic E-state index is -0.642. The third-order valence-corrected chi connectivity index (χ3v) is 2.88. The first kappa shape index (κ1) is 15.7. The Kier molecular flexibility index (Phi) is 5.26. The van der Waals surface area contributed by atoms with Crippen LogP contribution in [0.25, 0.3) is 0 Å². The lowest BCUT2D eigenvalue weighted by Gasteiger charge is -2.15.